The summed E-state index contributed by atoms with van der Waals surface area (Å²) in [5.41, 5.74) is 0.804. The minimum absolute atomic E-state index is 0.0858. The Morgan fingerprint density at radius 2 is 1.84 bits per heavy atom. The van der Waals surface area contributed by atoms with Gasteiger partial charge in [0.15, 0.2) is 5.69 Å². The molecule has 138 valence electrons. The van der Waals surface area contributed by atoms with Crippen LogP contribution in [0.15, 0.2) is 6.20 Å². The summed E-state index contributed by atoms with van der Waals surface area (Å²) < 4.78 is 6.72. The van der Waals surface area contributed by atoms with E-state index in [2.05, 4.69) is 10.4 Å². The normalized spacial score (nSPS) is 19.9. The van der Waals surface area contributed by atoms with Gasteiger partial charge >= 0.3 is 0 Å². The number of amides is 1. The minimum Gasteiger partial charge on any atom is -0.378 e. The van der Waals surface area contributed by atoms with Crippen molar-refractivity contribution in [3.63, 3.8) is 0 Å². The summed E-state index contributed by atoms with van der Waals surface area (Å²) in [7, 11) is 0. The van der Waals surface area contributed by atoms with Gasteiger partial charge < -0.3 is 15.0 Å². The summed E-state index contributed by atoms with van der Waals surface area (Å²) in [5, 5.41) is 7.79. The van der Waals surface area contributed by atoms with E-state index in [4.69, 9.17) is 4.74 Å². The van der Waals surface area contributed by atoms with E-state index in [9.17, 15) is 9.59 Å². The first-order valence-corrected chi connectivity index (χ1v) is 9.10. The molecule has 2 aliphatic heterocycles. The Labute approximate surface area is 148 Å². The van der Waals surface area contributed by atoms with E-state index < -0.39 is 5.41 Å². The Kier molecular flexibility index (Phi) is 5.24. The largest absolute Gasteiger partial charge is 0.378 e. The van der Waals surface area contributed by atoms with Crippen molar-refractivity contribution in [1.82, 2.24) is 20.0 Å². The van der Waals surface area contributed by atoms with Crippen molar-refractivity contribution in [2.24, 2.45) is 5.41 Å². The van der Waals surface area contributed by atoms with Crippen LogP contribution in [0.1, 0.15) is 60.4 Å². The van der Waals surface area contributed by atoms with Gasteiger partial charge in [-0.15, -0.1) is 0 Å². The van der Waals surface area contributed by atoms with Crippen molar-refractivity contribution in [3.05, 3.63) is 17.5 Å². The molecule has 2 saturated heterocycles. The van der Waals surface area contributed by atoms with Crippen LogP contribution in [0.3, 0.4) is 0 Å². The highest BCUT2D eigenvalue weighted by atomic mass is 16.5. The number of nitrogens with zero attached hydrogens (tertiary/aromatic N) is 3. The zero-order valence-electron chi connectivity index (χ0n) is 15.4. The average molecular weight is 348 g/mol. The molecule has 2 fully saturated rings. The van der Waals surface area contributed by atoms with Crippen LogP contribution in [-0.2, 0) is 4.74 Å². The average Bonchev–Trinajstić information content (AvgIpc) is 3.06. The number of ether oxygens (including phenoxy) is 1. The molecule has 7 heteroatoms. The quantitative estimate of drug-likeness (QED) is 0.877. The summed E-state index contributed by atoms with van der Waals surface area (Å²) in [6.07, 6.45) is 3.70. The zero-order valence-corrected chi connectivity index (χ0v) is 15.4. The maximum Gasteiger partial charge on any atom is 0.274 e. The molecular weight excluding hydrogens is 320 g/mol. The monoisotopic (exact) mass is 348 g/mol. The van der Waals surface area contributed by atoms with Gasteiger partial charge in [-0.25, -0.2) is 4.68 Å². The first-order valence-electron chi connectivity index (χ1n) is 9.10. The molecule has 3 rings (SSSR count). The standard InChI is InChI=1S/C18H28N4O3/c1-18(2,3)17(24)22-12-14(13-4-6-19-7-5-13)15(20-22)16(23)21-8-10-25-11-9-21/h12-13,19H,4-11H2,1-3H3. The molecular formula is C18H28N4O3. The molecule has 0 spiro atoms. The van der Waals surface area contributed by atoms with Gasteiger partial charge in [-0.2, -0.15) is 5.10 Å². The van der Waals surface area contributed by atoms with Gasteiger partial charge in [-0.05, 0) is 31.8 Å². The number of carbonyl (C=O) groups excluding carboxylic acids is 2. The Bertz CT molecular complexity index is 635. The first kappa shape index (κ1) is 18.1. The van der Waals surface area contributed by atoms with E-state index in [0.717, 1.165) is 31.5 Å². The van der Waals surface area contributed by atoms with Crippen molar-refractivity contribution >= 4 is 11.8 Å². The van der Waals surface area contributed by atoms with E-state index in [-0.39, 0.29) is 17.7 Å². The Morgan fingerprint density at radius 1 is 1.20 bits per heavy atom. The maximum absolute atomic E-state index is 13.0. The van der Waals surface area contributed by atoms with Gasteiger partial charge in [-0.3, -0.25) is 9.59 Å². The number of carbonyl (C=O) groups is 2. The highest BCUT2D eigenvalue weighted by molar-refractivity contribution is 5.95. The second-order valence-electron chi connectivity index (χ2n) is 7.86. The fraction of sp³-hybridized carbons (Fsp3) is 0.722. The summed E-state index contributed by atoms with van der Waals surface area (Å²) in [6, 6.07) is 0. The molecule has 0 saturated carbocycles. The minimum atomic E-state index is -0.545. The van der Waals surface area contributed by atoms with Crippen LogP contribution in [-0.4, -0.2) is 65.9 Å². The maximum atomic E-state index is 13.0. The lowest BCUT2D eigenvalue weighted by Gasteiger charge is -2.27. The molecule has 1 aromatic heterocycles. The van der Waals surface area contributed by atoms with Crippen LogP contribution in [0.25, 0.3) is 0 Å². The van der Waals surface area contributed by atoms with Gasteiger partial charge in [0.05, 0.1) is 13.2 Å². The van der Waals surface area contributed by atoms with Crippen LogP contribution in [0.2, 0.25) is 0 Å². The fourth-order valence-electron chi connectivity index (χ4n) is 3.35. The number of hydrogen-bond acceptors (Lipinski definition) is 5. The molecule has 7 nitrogen and oxygen atoms in total. The fourth-order valence-corrected chi connectivity index (χ4v) is 3.35. The molecule has 25 heavy (non-hydrogen) atoms. The van der Waals surface area contributed by atoms with E-state index in [1.54, 1.807) is 11.1 Å². The van der Waals surface area contributed by atoms with E-state index in [1.807, 2.05) is 20.8 Å². The van der Waals surface area contributed by atoms with Crippen molar-refractivity contribution in [2.75, 3.05) is 39.4 Å². The van der Waals surface area contributed by atoms with Gasteiger partial charge in [0.2, 0.25) is 0 Å². The molecule has 1 aromatic rings. The Balaban J connectivity index is 1.94. The molecule has 0 aromatic carbocycles. The second kappa shape index (κ2) is 7.25. The molecule has 2 aliphatic rings. The molecule has 1 amide bonds. The van der Waals surface area contributed by atoms with Crippen molar-refractivity contribution in [3.8, 4) is 0 Å². The van der Waals surface area contributed by atoms with Crippen LogP contribution in [0.4, 0.5) is 0 Å². The Hall–Kier alpha value is -1.73. The van der Waals surface area contributed by atoms with E-state index >= 15 is 0 Å². The molecule has 3 heterocycles. The molecule has 0 unspecified atom stereocenters. The van der Waals surface area contributed by atoms with E-state index in [1.165, 1.54) is 4.68 Å². The van der Waals surface area contributed by atoms with Gasteiger partial charge in [0.1, 0.15) is 0 Å². The third-order valence-corrected chi connectivity index (χ3v) is 4.87. The second-order valence-corrected chi connectivity index (χ2v) is 7.86. The van der Waals surface area contributed by atoms with Crippen LogP contribution < -0.4 is 5.32 Å². The first-order chi connectivity index (χ1) is 11.9. The van der Waals surface area contributed by atoms with Crippen LogP contribution in [0.5, 0.6) is 0 Å². The Morgan fingerprint density at radius 3 is 2.44 bits per heavy atom. The highest BCUT2D eigenvalue weighted by Crippen LogP contribution is 2.29. The van der Waals surface area contributed by atoms with Gasteiger partial charge in [0.25, 0.3) is 11.8 Å². The molecule has 1 N–H and O–H groups in total. The number of aromatic nitrogens is 2. The van der Waals surface area contributed by atoms with Crippen LogP contribution >= 0.6 is 0 Å². The number of piperidine rings is 1. The van der Waals surface area contributed by atoms with Crippen molar-refractivity contribution in [1.29, 1.82) is 0 Å². The number of rotatable bonds is 2. The molecule has 0 radical (unpaired) electrons. The van der Waals surface area contributed by atoms with Gasteiger partial charge in [-0.1, -0.05) is 20.8 Å². The summed E-state index contributed by atoms with van der Waals surface area (Å²) in [4.78, 5) is 27.5. The van der Waals surface area contributed by atoms with Crippen molar-refractivity contribution in [2.45, 2.75) is 39.5 Å². The van der Waals surface area contributed by atoms with E-state index in [0.29, 0.717) is 32.0 Å². The molecule has 0 atom stereocenters. The van der Waals surface area contributed by atoms with Crippen LogP contribution in [0, 0.1) is 5.41 Å². The third kappa shape index (κ3) is 3.93. The summed E-state index contributed by atoms with van der Waals surface area (Å²) in [5.74, 6) is 0.0868. The molecule has 0 aliphatic carbocycles. The third-order valence-electron chi connectivity index (χ3n) is 4.87. The van der Waals surface area contributed by atoms with Crippen molar-refractivity contribution < 1.29 is 14.3 Å². The molecule has 0 bridgehead atoms. The lowest BCUT2D eigenvalue weighted by atomic mass is 9.90. The number of morpholine rings is 1. The van der Waals surface area contributed by atoms with Gasteiger partial charge in [0, 0.05) is 30.3 Å². The SMILES string of the molecule is CC(C)(C)C(=O)n1cc(C2CCNCC2)c(C(=O)N2CCOCC2)n1. The summed E-state index contributed by atoms with van der Waals surface area (Å²) >= 11 is 0. The topological polar surface area (TPSA) is 76.5 Å². The number of nitrogens with one attached hydrogen (secondary N) is 1. The lowest BCUT2D eigenvalue weighted by molar-refractivity contribution is 0.0297. The predicted molar refractivity (Wildman–Crippen MR) is 93.9 cm³/mol. The zero-order chi connectivity index (χ0) is 18.0. The smallest absolute Gasteiger partial charge is 0.274 e. The lowest BCUT2D eigenvalue weighted by Crippen LogP contribution is -2.41. The predicted octanol–water partition coefficient (Wildman–Crippen LogP) is 1.51. The number of hydrogen-bond donors (Lipinski definition) is 1. The highest BCUT2D eigenvalue weighted by Gasteiger charge is 2.32. The summed E-state index contributed by atoms with van der Waals surface area (Å²) in [6.45, 7) is 9.70.